The molecule has 1 aromatic heterocycles. The summed E-state index contributed by atoms with van der Waals surface area (Å²) >= 11 is 0. The third kappa shape index (κ3) is 3.76. The lowest BCUT2D eigenvalue weighted by atomic mass is 9.73. The molecule has 0 radical (unpaired) electrons. The molecule has 1 unspecified atom stereocenters. The number of methoxy groups -OCH3 is 1. The summed E-state index contributed by atoms with van der Waals surface area (Å²) in [4.78, 5) is 19.9. The Morgan fingerprint density at radius 2 is 2.21 bits per heavy atom. The summed E-state index contributed by atoms with van der Waals surface area (Å²) in [5.74, 6) is 2.03. The number of hydrogen-bond donors (Lipinski definition) is 1. The van der Waals surface area contributed by atoms with Crippen LogP contribution in [0.1, 0.15) is 38.3 Å². The molecule has 0 saturated carbocycles. The Labute approximate surface area is 173 Å². The van der Waals surface area contributed by atoms with Crippen LogP contribution in [-0.2, 0) is 4.79 Å². The van der Waals surface area contributed by atoms with Crippen LogP contribution < -0.4 is 10.1 Å². The maximum atomic E-state index is 12.8. The molecule has 3 saturated heterocycles. The molecule has 0 spiro atoms. The molecular formula is C24H31N3O2. The molecule has 2 aromatic rings. The first kappa shape index (κ1) is 19.9. The molecule has 3 aliphatic rings. The highest BCUT2D eigenvalue weighted by atomic mass is 16.5. The van der Waals surface area contributed by atoms with E-state index in [4.69, 9.17) is 4.74 Å². The normalized spacial score (nSPS) is 27.0. The molecule has 4 heterocycles. The van der Waals surface area contributed by atoms with E-state index >= 15 is 0 Å². The topological polar surface area (TPSA) is 54.5 Å². The van der Waals surface area contributed by atoms with Crippen molar-refractivity contribution in [1.29, 1.82) is 0 Å². The van der Waals surface area contributed by atoms with Crippen LogP contribution >= 0.6 is 0 Å². The number of piperidine rings is 3. The fourth-order valence-corrected chi connectivity index (χ4v) is 4.97. The van der Waals surface area contributed by atoms with Crippen LogP contribution in [0.3, 0.4) is 0 Å². The molecule has 2 bridgehead atoms. The number of hydrogen-bond acceptors (Lipinski definition) is 4. The van der Waals surface area contributed by atoms with Gasteiger partial charge in [0.05, 0.1) is 18.7 Å². The first-order valence-electron chi connectivity index (χ1n) is 10.6. The molecule has 0 aliphatic carbocycles. The zero-order valence-electron chi connectivity index (χ0n) is 17.6. The van der Waals surface area contributed by atoms with Crippen molar-refractivity contribution in [2.24, 2.45) is 17.8 Å². The van der Waals surface area contributed by atoms with E-state index in [9.17, 15) is 4.79 Å². The molecule has 1 N–H and O–H groups in total. The monoisotopic (exact) mass is 393 g/mol. The Bertz CT molecular complexity index is 910. The van der Waals surface area contributed by atoms with Gasteiger partial charge in [-0.2, -0.15) is 0 Å². The van der Waals surface area contributed by atoms with Crippen LogP contribution in [0.5, 0.6) is 5.75 Å². The first-order valence-corrected chi connectivity index (χ1v) is 10.6. The van der Waals surface area contributed by atoms with Crippen molar-refractivity contribution < 1.29 is 9.53 Å². The quantitative estimate of drug-likeness (QED) is 0.755. The third-order valence-electron chi connectivity index (χ3n) is 6.68. The Balaban J connectivity index is 1.77. The van der Waals surface area contributed by atoms with E-state index < -0.39 is 0 Å². The predicted molar refractivity (Wildman–Crippen MR) is 116 cm³/mol. The fraction of sp³-hybridized carbons (Fsp3) is 0.500. The highest BCUT2D eigenvalue weighted by Gasteiger charge is 2.43. The Morgan fingerprint density at radius 3 is 2.86 bits per heavy atom. The lowest BCUT2D eigenvalue weighted by molar-refractivity contribution is -0.126. The Morgan fingerprint density at radius 1 is 1.38 bits per heavy atom. The van der Waals surface area contributed by atoms with E-state index in [1.165, 1.54) is 6.42 Å². The van der Waals surface area contributed by atoms with E-state index in [0.717, 1.165) is 41.7 Å². The summed E-state index contributed by atoms with van der Waals surface area (Å²) in [6, 6.07) is 8.22. The molecule has 5 nitrogen and oxygen atoms in total. The highest BCUT2D eigenvalue weighted by Crippen LogP contribution is 2.42. The summed E-state index contributed by atoms with van der Waals surface area (Å²) in [7, 11) is 1.68. The van der Waals surface area contributed by atoms with Crippen molar-refractivity contribution in [3.8, 4) is 5.75 Å². The van der Waals surface area contributed by atoms with Gasteiger partial charge in [-0.3, -0.25) is 14.7 Å². The van der Waals surface area contributed by atoms with E-state index in [1.54, 1.807) is 7.11 Å². The molecule has 29 heavy (non-hydrogen) atoms. The summed E-state index contributed by atoms with van der Waals surface area (Å²) in [6.45, 7) is 10.0. The van der Waals surface area contributed by atoms with Crippen LogP contribution in [0.15, 0.2) is 43.1 Å². The maximum absolute atomic E-state index is 12.8. The third-order valence-corrected chi connectivity index (χ3v) is 6.68. The number of carbonyl (C=O) groups excluding carboxylic acids is 1. The molecule has 1 amide bonds. The number of ether oxygens (including phenoxy) is 1. The fourth-order valence-electron chi connectivity index (χ4n) is 4.97. The molecule has 3 aliphatic heterocycles. The van der Waals surface area contributed by atoms with Gasteiger partial charge < -0.3 is 10.1 Å². The molecule has 5 atom stereocenters. The van der Waals surface area contributed by atoms with Crippen molar-refractivity contribution in [2.45, 2.75) is 38.8 Å². The van der Waals surface area contributed by atoms with Crippen LogP contribution in [0, 0.1) is 17.8 Å². The van der Waals surface area contributed by atoms with Gasteiger partial charge in [-0.15, -0.1) is 6.58 Å². The largest absolute Gasteiger partial charge is 0.497 e. The minimum absolute atomic E-state index is 0.0585. The highest BCUT2D eigenvalue weighted by molar-refractivity contribution is 5.85. The van der Waals surface area contributed by atoms with Crippen LogP contribution in [0.4, 0.5) is 0 Å². The van der Waals surface area contributed by atoms with Gasteiger partial charge in [0.2, 0.25) is 5.91 Å². The Kier molecular flexibility index (Phi) is 5.59. The zero-order valence-corrected chi connectivity index (χ0v) is 17.6. The number of pyridine rings is 1. The van der Waals surface area contributed by atoms with Gasteiger partial charge in [-0.05, 0) is 61.1 Å². The van der Waals surface area contributed by atoms with Gasteiger partial charge in [-0.1, -0.05) is 19.9 Å². The minimum Gasteiger partial charge on any atom is -0.497 e. The van der Waals surface area contributed by atoms with Crippen molar-refractivity contribution in [3.05, 3.63) is 48.7 Å². The number of rotatable bonds is 6. The number of fused-ring (bicyclic) bond motifs is 4. The second kappa shape index (κ2) is 8.15. The predicted octanol–water partition coefficient (Wildman–Crippen LogP) is 3.95. The van der Waals surface area contributed by atoms with E-state index in [1.807, 2.05) is 38.2 Å². The first-order chi connectivity index (χ1) is 14.0. The lowest BCUT2D eigenvalue weighted by Gasteiger charge is -2.51. The standard InChI is InChI=1S/C24H31N3O2/c1-5-16-14-27-11-9-17(16)12-22(27)23(26-24(28)15(2)3)19-8-10-25-21-7-6-18(29-4)13-20(19)21/h5-8,10,13,15-17,22-23H,1,9,11-12,14H2,2-4H3,(H,26,28)/t16-,17-,22-,23-/m0/s1. The van der Waals surface area contributed by atoms with Crippen molar-refractivity contribution >= 4 is 16.8 Å². The van der Waals surface area contributed by atoms with E-state index in [-0.39, 0.29) is 23.9 Å². The molecule has 3 fully saturated rings. The van der Waals surface area contributed by atoms with E-state index in [0.29, 0.717) is 11.8 Å². The summed E-state index contributed by atoms with van der Waals surface area (Å²) in [5, 5.41) is 4.42. The second-order valence-corrected chi connectivity index (χ2v) is 8.67. The van der Waals surface area contributed by atoms with Crippen molar-refractivity contribution in [3.63, 3.8) is 0 Å². The average Bonchev–Trinajstić information content (AvgIpc) is 2.76. The number of benzene rings is 1. The maximum Gasteiger partial charge on any atom is 0.223 e. The zero-order chi connectivity index (χ0) is 20.5. The molecule has 5 rings (SSSR count). The smallest absolute Gasteiger partial charge is 0.223 e. The average molecular weight is 394 g/mol. The molecule has 154 valence electrons. The SMILES string of the molecule is C=C[C@H]1CN2CC[C@H]1C[C@H]2[C@@H](NC(=O)C(C)C)c1ccnc2ccc(OC)cc12. The van der Waals surface area contributed by atoms with Gasteiger partial charge in [0.1, 0.15) is 5.75 Å². The van der Waals surface area contributed by atoms with Gasteiger partial charge in [0, 0.05) is 30.1 Å². The van der Waals surface area contributed by atoms with Crippen LogP contribution in [0.25, 0.3) is 10.9 Å². The molecule has 5 heteroatoms. The summed E-state index contributed by atoms with van der Waals surface area (Å²) < 4.78 is 5.46. The van der Waals surface area contributed by atoms with Gasteiger partial charge >= 0.3 is 0 Å². The number of aromatic nitrogens is 1. The Hall–Kier alpha value is -2.40. The minimum atomic E-state index is -0.0731. The summed E-state index contributed by atoms with van der Waals surface area (Å²) in [6.07, 6.45) is 6.25. The molecule has 1 aromatic carbocycles. The summed E-state index contributed by atoms with van der Waals surface area (Å²) in [5.41, 5.74) is 2.04. The number of nitrogens with zero attached hydrogens (tertiary/aromatic N) is 2. The van der Waals surface area contributed by atoms with Gasteiger partial charge in [0.25, 0.3) is 0 Å². The number of nitrogens with one attached hydrogen (secondary N) is 1. The number of amides is 1. The van der Waals surface area contributed by atoms with Crippen molar-refractivity contribution in [2.75, 3.05) is 20.2 Å². The lowest BCUT2D eigenvalue weighted by Crippen LogP contribution is -2.57. The van der Waals surface area contributed by atoms with Crippen LogP contribution in [0.2, 0.25) is 0 Å². The van der Waals surface area contributed by atoms with Crippen molar-refractivity contribution in [1.82, 2.24) is 15.2 Å². The van der Waals surface area contributed by atoms with E-state index in [2.05, 4.69) is 33.9 Å². The molecular weight excluding hydrogens is 362 g/mol. The van der Waals surface area contributed by atoms with Gasteiger partial charge in [0.15, 0.2) is 0 Å². The number of carbonyl (C=O) groups is 1. The van der Waals surface area contributed by atoms with Crippen LogP contribution in [-0.4, -0.2) is 42.0 Å². The second-order valence-electron chi connectivity index (χ2n) is 8.67. The van der Waals surface area contributed by atoms with Gasteiger partial charge in [-0.25, -0.2) is 0 Å².